The molecule has 37 heavy (non-hydrogen) atoms. The standard InChI is InChI=1S/C23H22F5N3O6/c24-22(25,23(26,27)28)21(33)37-18-16(13-34-11-14-7-3-1-4-8-14)36-20(32)17(30-31-29)19(18)35-12-15-9-5-2-6-10-15/h1-10,16-20,32H,11-13H2/t16-,17-,18+,19-,20?/m1/s1. The average molecular weight is 531 g/mol. The minimum Gasteiger partial charge on any atom is -0.452 e. The number of halogens is 5. The number of rotatable bonds is 10. The van der Waals surface area contributed by atoms with Crippen molar-refractivity contribution in [2.24, 2.45) is 5.11 Å². The molecule has 9 nitrogen and oxygen atoms in total. The van der Waals surface area contributed by atoms with E-state index in [1.54, 1.807) is 60.7 Å². The molecule has 1 N–H and O–H groups in total. The van der Waals surface area contributed by atoms with E-state index in [9.17, 15) is 31.9 Å². The van der Waals surface area contributed by atoms with Gasteiger partial charge in [0.15, 0.2) is 12.4 Å². The van der Waals surface area contributed by atoms with Gasteiger partial charge in [0.25, 0.3) is 0 Å². The highest BCUT2D eigenvalue weighted by atomic mass is 19.4. The minimum atomic E-state index is -6.23. The molecule has 2 aromatic rings. The smallest absolute Gasteiger partial charge is 0.452 e. The lowest BCUT2D eigenvalue weighted by Crippen LogP contribution is -2.61. The van der Waals surface area contributed by atoms with Crippen molar-refractivity contribution >= 4 is 5.97 Å². The Morgan fingerprint density at radius 2 is 1.54 bits per heavy atom. The number of aliphatic hydroxyl groups excluding tert-OH is 1. The number of carbonyl (C=O) groups is 1. The fourth-order valence-corrected chi connectivity index (χ4v) is 3.51. The zero-order valence-electron chi connectivity index (χ0n) is 19.0. The van der Waals surface area contributed by atoms with Gasteiger partial charge in [-0.15, -0.1) is 0 Å². The van der Waals surface area contributed by atoms with E-state index >= 15 is 0 Å². The first-order chi connectivity index (χ1) is 17.5. The number of ether oxygens (including phenoxy) is 4. The Balaban J connectivity index is 1.88. The molecule has 1 aliphatic rings. The van der Waals surface area contributed by atoms with Crippen molar-refractivity contribution in [1.29, 1.82) is 0 Å². The lowest BCUT2D eigenvalue weighted by molar-refractivity contribution is -0.299. The molecule has 5 atom stereocenters. The molecule has 1 fully saturated rings. The Morgan fingerprint density at radius 1 is 0.973 bits per heavy atom. The maximum atomic E-state index is 13.7. The number of carbonyl (C=O) groups excluding carboxylic acids is 1. The van der Waals surface area contributed by atoms with E-state index in [2.05, 4.69) is 14.8 Å². The van der Waals surface area contributed by atoms with E-state index in [1.165, 1.54) is 0 Å². The normalized spacial score (nSPS) is 24.2. The van der Waals surface area contributed by atoms with Crippen LogP contribution in [-0.4, -0.2) is 60.4 Å². The second kappa shape index (κ2) is 12.3. The third-order valence-corrected chi connectivity index (χ3v) is 5.35. The van der Waals surface area contributed by atoms with Crippen LogP contribution < -0.4 is 0 Å². The van der Waals surface area contributed by atoms with Gasteiger partial charge in [0.2, 0.25) is 0 Å². The number of esters is 1. The molecule has 14 heteroatoms. The van der Waals surface area contributed by atoms with Crippen LogP contribution in [0, 0.1) is 0 Å². The molecule has 3 rings (SSSR count). The van der Waals surface area contributed by atoms with Gasteiger partial charge < -0.3 is 24.1 Å². The van der Waals surface area contributed by atoms with E-state index in [4.69, 9.17) is 19.7 Å². The number of azide groups is 1. The topological polar surface area (TPSA) is 123 Å². The van der Waals surface area contributed by atoms with Gasteiger partial charge in [0, 0.05) is 4.91 Å². The predicted octanol–water partition coefficient (Wildman–Crippen LogP) is 4.29. The number of hydrogen-bond acceptors (Lipinski definition) is 7. The molecule has 1 heterocycles. The van der Waals surface area contributed by atoms with Crippen LogP contribution in [0.1, 0.15) is 11.1 Å². The van der Waals surface area contributed by atoms with Crippen molar-refractivity contribution in [2.75, 3.05) is 6.61 Å². The fraction of sp³-hybridized carbons (Fsp3) is 0.435. The predicted molar refractivity (Wildman–Crippen MR) is 116 cm³/mol. The average Bonchev–Trinajstić information content (AvgIpc) is 2.86. The molecule has 1 saturated heterocycles. The Morgan fingerprint density at radius 3 is 2.08 bits per heavy atom. The van der Waals surface area contributed by atoms with Crippen LogP contribution in [0.15, 0.2) is 65.8 Å². The Bertz CT molecular complexity index is 1070. The molecule has 0 bridgehead atoms. The molecular weight excluding hydrogens is 509 g/mol. The minimum absolute atomic E-state index is 0.0223. The number of nitrogens with zero attached hydrogens (tertiary/aromatic N) is 3. The first-order valence-corrected chi connectivity index (χ1v) is 10.8. The molecule has 0 spiro atoms. The third kappa shape index (κ3) is 7.14. The van der Waals surface area contributed by atoms with Gasteiger partial charge in [-0.25, -0.2) is 4.79 Å². The van der Waals surface area contributed by atoms with Crippen LogP contribution >= 0.6 is 0 Å². The van der Waals surface area contributed by atoms with Gasteiger partial charge in [0.1, 0.15) is 18.2 Å². The zero-order chi connectivity index (χ0) is 27.1. The van der Waals surface area contributed by atoms with E-state index in [0.717, 1.165) is 0 Å². The summed E-state index contributed by atoms with van der Waals surface area (Å²) in [5, 5.41) is 13.7. The molecule has 0 aromatic heterocycles. The van der Waals surface area contributed by atoms with Crippen LogP contribution in [0.4, 0.5) is 22.0 Å². The summed E-state index contributed by atoms with van der Waals surface area (Å²) in [6.07, 6.45) is -13.3. The SMILES string of the molecule is [N-]=[N+]=N[C@H]1C(O)O[C@H](COCc2ccccc2)[C@H](OC(=O)C(F)(F)C(F)(F)F)[C@@H]1OCc1ccccc1. The summed E-state index contributed by atoms with van der Waals surface area (Å²) in [4.78, 5) is 14.5. The molecule has 0 radical (unpaired) electrons. The first-order valence-electron chi connectivity index (χ1n) is 10.8. The summed E-state index contributed by atoms with van der Waals surface area (Å²) in [6, 6.07) is 15.2. The monoisotopic (exact) mass is 531 g/mol. The van der Waals surface area contributed by atoms with Crippen molar-refractivity contribution in [3.63, 3.8) is 0 Å². The summed E-state index contributed by atoms with van der Waals surface area (Å²) < 4.78 is 86.9. The van der Waals surface area contributed by atoms with E-state index in [-0.39, 0.29) is 13.2 Å². The second-order valence-electron chi connectivity index (χ2n) is 7.96. The summed E-state index contributed by atoms with van der Waals surface area (Å²) in [5.74, 6) is -8.76. The molecule has 0 amide bonds. The maximum Gasteiger partial charge on any atom is 0.465 e. The molecular formula is C23H22F5N3O6. The molecule has 0 saturated carbocycles. The van der Waals surface area contributed by atoms with Gasteiger partial charge in [-0.2, -0.15) is 22.0 Å². The maximum absolute atomic E-state index is 13.7. The first kappa shape index (κ1) is 28.3. The van der Waals surface area contributed by atoms with E-state index in [1.807, 2.05) is 0 Å². The van der Waals surface area contributed by atoms with Crippen LogP contribution in [0.3, 0.4) is 0 Å². The van der Waals surface area contributed by atoms with Gasteiger partial charge in [-0.1, -0.05) is 65.8 Å². The highest BCUT2D eigenvalue weighted by molar-refractivity contribution is 5.78. The lowest BCUT2D eigenvalue weighted by atomic mass is 9.96. The third-order valence-electron chi connectivity index (χ3n) is 5.35. The van der Waals surface area contributed by atoms with E-state index < -0.39 is 55.3 Å². The number of aliphatic hydroxyl groups is 1. The molecule has 1 aliphatic heterocycles. The lowest BCUT2D eigenvalue weighted by Gasteiger charge is -2.43. The highest BCUT2D eigenvalue weighted by Crippen LogP contribution is 2.38. The van der Waals surface area contributed by atoms with Crippen molar-refractivity contribution in [3.8, 4) is 0 Å². The quantitative estimate of drug-likeness (QED) is 0.160. The van der Waals surface area contributed by atoms with E-state index in [0.29, 0.717) is 11.1 Å². The van der Waals surface area contributed by atoms with Crippen molar-refractivity contribution in [3.05, 3.63) is 82.2 Å². The number of hydrogen-bond donors (Lipinski definition) is 1. The molecule has 2 aromatic carbocycles. The van der Waals surface area contributed by atoms with Crippen LogP contribution in [-0.2, 0) is 37.0 Å². The highest BCUT2D eigenvalue weighted by Gasteiger charge is 2.66. The van der Waals surface area contributed by atoms with Gasteiger partial charge in [-0.05, 0) is 16.7 Å². The largest absolute Gasteiger partial charge is 0.465 e. The van der Waals surface area contributed by atoms with Crippen LogP contribution in [0.5, 0.6) is 0 Å². The Labute approximate surface area is 207 Å². The van der Waals surface area contributed by atoms with Crippen molar-refractivity contribution in [2.45, 2.75) is 56.0 Å². The molecule has 1 unspecified atom stereocenters. The van der Waals surface area contributed by atoms with Gasteiger partial charge in [0.05, 0.1) is 19.8 Å². The Hall–Kier alpha value is -3.29. The molecule has 0 aliphatic carbocycles. The summed E-state index contributed by atoms with van der Waals surface area (Å²) in [6.45, 7) is -0.780. The summed E-state index contributed by atoms with van der Waals surface area (Å²) in [7, 11) is 0. The van der Waals surface area contributed by atoms with Gasteiger partial charge >= 0.3 is 18.1 Å². The zero-order valence-corrected chi connectivity index (χ0v) is 19.0. The Kier molecular flexibility index (Phi) is 9.40. The van der Waals surface area contributed by atoms with Crippen LogP contribution in [0.25, 0.3) is 10.4 Å². The summed E-state index contributed by atoms with van der Waals surface area (Å²) in [5.41, 5.74) is 10.2. The summed E-state index contributed by atoms with van der Waals surface area (Å²) >= 11 is 0. The molecule has 200 valence electrons. The van der Waals surface area contributed by atoms with Crippen molar-refractivity contribution < 1.29 is 50.8 Å². The van der Waals surface area contributed by atoms with Gasteiger partial charge in [-0.3, -0.25) is 0 Å². The number of benzene rings is 2. The number of alkyl halides is 5. The second-order valence-corrected chi connectivity index (χ2v) is 7.96. The fourth-order valence-electron chi connectivity index (χ4n) is 3.51. The van der Waals surface area contributed by atoms with Crippen molar-refractivity contribution in [1.82, 2.24) is 0 Å². The van der Waals surface area contributed by atoms with Crippen LogP contribution in [0.2, 0.25) is 0 Å².